The van der Waals surface area contributed by atoms with Gasteiger partial charge in [-0.15, -0.1) is 0 Å². The quantitative estimate of drug-likeness (QED) is 0.331. The number of rotatable bonds is 5. The maximum atomic E-state index is 13.1. The van der Waals surface area contributed by atoms with Gasteiger partial charge in [0, 0.05) is 11.1 Å². The zero-order chi connectivity index (χ0) is 23.9. The summed E-state index contributed by atoms with van der Waals surface area (Å²) in [5.41, 5.74) is 0.991. The molecule has 0 aliphatic carbocycles. The van der Waals surface area contributed by atoms with Crippen molar-refractivity contribution < 1.29 is 28.3 Å². The maximum Gasteiger partial charge on any atom is 0.296 e. The molecule has 4 rings (SSSR count). The van der Waals surface area contributed by atoms with Crippen LogP contribution in [0.2, 0.25) is 0 Å². The highest BCUT2D eigenvalue weighted by Gasteiger charge is 2.48. The fourth-order valence-electron chi connectivity index (χ4n) is 4.11. The zero-order valence-electron chi connectivity index (χ0n) is 19.3. The number of nitrogens with zero attached hydrogens (tertiary/aromatic N) is 1. The van der Waals surface area contributed by atoms with E-state index in [-0.39, 0.29) is 23.3 Å². The number of hydrogen-bond donors (Lipinski definition) is 1. The molecule has 0 saturated carbocycles. The zero-order valence-corrected chi connectivity index (χ0v) is 19.3. The van der Waals surface area contributed by atoms with Gasteiger partial charge in [0.1, 0.15) is 34.8 Å². The Morgan fingerprint density at radius 3 is 2.48 bits per heavy atom. The van der Waals surface area contributed by atoms with Crippen molar-refractivity contribution in [3.8, 4) is 5.75 Å². The van der Waals surface area contributed by atoms with E-state index in [4.69, 9.17) is 13.6 Å². The number of carbonyl (C=O) groups excluding carboxylic acids is 2. The van der Waals surface area contributed by atoms with Crippen molar-refractivity contribution in [3.05, 3.63) is 82.7 Å². The molecule has 3 aromatic rings. The first kappa shape index (κ1) is 22.5. The molecule has 7 heteroatoms. The van der Waals surface area contributed by atoms with E-state index in [0.717, 1.165) is 5.56 Å². The Kier molecular flexibility index (Phi) is 5.66. The summed E-state index contributed by atoms with van der Waals surface area (Å²) in [6, 6.07) is 11.2. The summed E-state index contributed by atoms with van der Waals surface area (Å²) in [5.74, 6) is 0.461. The topological polar surface area (TPSA) is 93.1 Å². The van der Waals surface area contributed by atoms with Crippen LogP contribution in [0.3, 0.4) is 0 Å². The summed E-state index contributed by atoms with van der Waals surface area (Å²) in [5, 5.41) is 11.3. The normalized spacial score (nSPS) is 18.2. The van der Waals surface area contributed by atoms with Crippen molar-refractivity contribution in [2.75, 3.05) is 7.11 Å². The lowest BCUT2D eigenvalue weighted by molar-refractivity contribution is -0.140. The predicted molar refractivity (Wildman–Crippen MR) is 122 cm³/mol. The average Bonchev–Trinajstić information content (AvgIpc) is 3.49. The Morgan fingerprint density at radius 1 is 1.15 bits per heavy atom. The summed E-state index contributed by atoms with van der Waals surface area (Å²) in [7, 11) is 1.59. The standard InChI is InChI=1S/C26H27NO6/c1-15-8-10-20(33-15)22-21(24(29)25(30)27(22)14-17-7-6-12-32-17)23(28)16-9-11-19(31-5)18(13-16)26(2,3)4/h6-13,22,28H,14H2,1-5H3/b23-21-. The lowest BCUT2D eigenvalue weighted by atomic mass is 9.84. The number of aliphatic hydroxyl groups excluding tert-OH is 1. The molecular formula is C26H27NO6. The van der Waals surface area contributed by atoms with Crippen LogP contribution < -0.4 is 4.74 Å². The number of likely N-dealkylation sites (tertiary alicyclic amines) is 1. The van der Waals surface area contributed by atoms with Gasteiger partial charge >= 0.3 is 0 Å². The number of amides is 1. The molecule has 1 N–H and O–H groups in total. The summed E-state index contributed by atoms with van der Waals surface area (Å²) >= 11 is 0. The van der Waals surface area contributed by atoms with Gasteiger partial charge in [-0.05, 0) is 54.8 Å². The van der Waals surface area contributed by atoms with Gasteiger partial charge in [-0.25, -0.2) is 0 Å². The third-order valence-corrected chi connectivity index (χ3v) is 5.76. The van der Waals surface area contributed by atoms with Crippen LogP contribution in [-0.2, 0) is 21.5 Å². The van der Waals surface area contributed by atoms with Crippen molar-refractivity contribution >= 4 is 17.4 Å². The average molecular weight is 450 g/mol. The minimum atomic E-state index is -0.885. The van der Waals surface area contributed by atoms with Crippen LogP contribution in [0.5, 0.6) is 5.75 Å². The van der Waals surface area contributed by atoms with Gasteiger partial charge in [0.2, 0.25) is 0 Å². The van der Waals surface area contributed by atoms with Crippen LogP contribution >= 0.6 is 0 Å². The molecule has 0 radical (unpaired) electrons. The summed E-state index contributed by atoms with van der Waals surface area (Å²) in [4.78, 5) is 27.5. The molecule has 0 bridgehead atoms. The Morgan fingerprint density at radius 2 is 1.91 bits per heavy atom. The number of ether oxygens (including phenoxy) is 1. The first-order valence-electron chi connectivity index (χ1n) is 10.7. The number of ketones is 1. The molecule has 3 heterocycles. The number of benzene rings is 1. The molecule has 1 atom stereocenters. The molecule has 1 saturated heterocycles. The van der Waals surface area contributed by atoms with E-state index in [1.165, 1.54) is 11.2 Å². The van der Waals surface area contributed by atoms with Gasteiger partial charge in [0.15, 0.2) is 0 Å². The molecule has 1 aliphatic rings. The van der Waals surface area contributed by atoms with Gasteiger partial charge in [-0.3, -0.25) is 9.59 Å². The molecule has 1 unspecified atom stereocenters. The van der Waals surface area contributed by atoms with Gasteiger partial charge in [0.25, 0.3) is 11.7 Å². The molecule has 0 spiro atoms. The van der Waals surface area contributed by atoms with Gasteiger partial charge in [-0.1, -0.05) is 20.8 Å². The smallest absolute Gasteiger partial charge is 0.296 e. The van der Waals surface area contributed by atoms with E-state index in [1.807, 2.05) is 20.8 Å². The van der Waals surface area contributed by atoms with Crippen LogP contribution in [0.1, 0.15) is 55.2 Å². The van der Waals surface area contributed by atoms with Crippen molar-refractivity contribution in [2.24, 2.45) is 0 Å². The lowest BCUT2D eigenvalue weighted by Crippen LogP contribution is -2.28. The Balaban J connectivity index is 1.88. The number of furan rings is 2. The number of methoxy groups -OCH3 is 1. The number of aryl methyl sites for hydroxylation is 1. The van der Waals surface area contributed by atoms with Crippen LogP contribution in [0.15, 0.2) is 63.1 Å². The highest BCUT2D eigenvalue weighted by atomic mass is 16.5. The number of hydrogen-bond acceptors (Lipinski definition) is 6. The second-order valence-electron chi connectivity index (χ2n) is 9.12. The van der Waals surface area contributed by atoms with E-state index in [2.05, 4.69) is 0 Å². The minimum absolute atomic E-state index is 0.0223. The van der Waals surface area contributed by atoms with Crippen LogP contribution in [-0.4, -0.2) is 28.8 Å². The van der Waals surface area contributed by atoms with Crippen molar-refractivity contribution in [1.29, 1.82) is 0 Å². The van der Waals surface area contributed by atoms with Crippen molar-refractivity contribution in [2.45, 2.75) is 45.7 Å². The highest BCUT2D eigenvalue weighted by Crippen LogP contribution is 2.42. The first-order chi connectivity index (χ1) is 15.6. The first-order valence-corrected chi connectivity index (χ1v) is 10.7. The fraction of sp³-hybridized carbons (Fsp3) is 0.308. The molecule has 33 heavy (non-hydrogen) atoms. The largest absolute Gasteiger partial charge is 0.507 e. The SMILES string of the molecule is COc1ccc(/C(O)=C2/C(=O)C(=O)N(Cc3ccco3)C2c2ccc(C)o2)cc1C(C)(C)C. The molecule has 1 aromatic carbocycles. The lowest BCUT2D eigenvalue weighted by Gasteiger charge is -2.24. The molecule has 1 amide bonds. The fourth-order valence-corrected chi connectivity index (χ4v) is 4.11. The minimum Gasteiger partial charge on any atom is -0.507 e. The Labute approximate surface area is 192 Å². The van der Waals surface area contributed by atoms with E-state index >= 15 is 0 Å². The maximum absolute atomic E-state index is 13.1. The Hall–Kier alpha value is -3.74. The number of Topliss-reactive ketones (excluding diaryl/α,β-unsaturated/α-hetero) is 1. The van der Waals surface area contributed by atoms with E-state index in [1.54, 1.807) is 56.5 Å². The van der Waals surface area contributed by atoms with Crippen LogP contribution in [0.4, 0.5) is 0 Å². The van der Waals surface area contributed by atoms with Crippen molar-refractivity contribution in [1.82, 2.24) is 4.90 Å². The monoisotopic (exact) mass is 449 g/mol. The molecule has 2 aromatic heterocycles. The summed E-state index contributed by atoms with van der Waals surface area (Å²) in [6.07, 6.45) is 1.50. The van der Waals surface area contributed by atoms with E-state index in [0.29, 0.717) is 28.6 Å². The third kappa shape index (κ3) is 4.06. The number of aliphatic hydroxyl groups is 1. The Bertz CT molecular complexity index is 1230. The van der Waals surface area contributed by atoms with E-state index in [9.17, 15) is 14.7 Å². The van der Waals surface area contributed by atoms with Gasteiger partial charge in [-0.2, -0.15) is 0 Å². The second-order valence-corrected chi connectivity index (χ2v) is 9.12. The molecular weight excluding hydrogens is 422 g/mol. The third-order valence-electron chi connectivity index (χ3n) is 5.76. The summed E-state index contributed by atoms with van der Waals surface area (Å²) in [6.45, 7) is 7.93. The second kappa shape index (κ2) is 8.31. The van der Waals surface area contributed by atoms with Crippen LogP contribution in [0.25, 0.3) is 5.76 Å². The number of carbonyl (C=O) groups is 2. The molecule has 1 aliphatic heterocycles. The molecule has 1 fully saturated rings. The predicted octanol–water partition coefficient (Wildman–Crippen LogP) is 5.11. The summed E-state index contributed by atoms with van der Waals surface area (Å²) < 4.78 is 16.7. The highest BCUT2D eigenvalue weighted by molar-refractivity contribution is 6.46. The van der Waals surface area contributed by atoms with Gasteiger partial charge in [0.05, 0.1) is 25.5 Å². The van der Waals surface area contributed by atoms with E-state index < -0.39 is 17.7 Å². The van der Waals surface area contributed by atoms with Gasteiger partial charge < -0.3 is 23.6 Å². The molecule has 7 nitrogen and oxygen atoms in total. The van der Waals surface area contributed by atoms with Crippen LogP contribution in [0, 0.1) is 6.92 Å². The molecule has 172 valence electrons. The van der Waals surface area contributed by atoms with Crippen molar-refractivity contribution in [3.63, 3.8) is 0 Å².